The first-order valence-corrected chi connectivity index (χ1v) is 13.5. The van der Waals surface area contributed by atoms with Crippen LogP contribution < -0.4 is 10.6 Å². The van der Waals surface area contributed by atoms with Crippen LogP contribution >= 0.6 is 11.3 Å². The summed E-state index contributed by atoms with van der Waals surface area (Å²) in [5.74, 6) is -0.102. The third kappa shape index (κ3) is 4.80. The molecule has 3 heterocycles. The number of nitriles is 1. The van der Waals surface area contributed by atoms with Gasteiger partial charge in [-0.15, -0.1) is 11.3 Å². The molecule has 5 rings (SSSR count). The van der Waals surface area contributed by atoms with Crippen LogP contribution in [0.4, 0.5) is 24.0 Å². The lowest BCUT2D eigenvalue weighted by Crippen LogP contribution is -2.36. The minimum absolute atomic E-state index is 0.0129. The Kier molecular flexibility index (Phi) is 6.54. The van der Waals surface area contributed by atoms with Crippen LogP contribution in [0.15, 0.2) is 30.5 Å². The average Bonchev–Trinajstić information content (AvgIpc) is 3.43. The highest BCUT2D eigenvalue weighted by Crippen LogP contribution is 2.46. The number of rotatable bonds is 3. The molecule has 0 radical (unpaired) electrons. The van der Waals surface area contributed by atoms with Gasteiger partial charge < -0.3 is 10.6 Å². The van der Waals surface area contributed by atoms with E-state index in [-0.39, 0.29) is 23.2 Å². The highest BCUT2D eigenvalue weighted by atomic mass is 32.1. The molecule has 2 N–H and O–H groups in total. The number of amides is 1. The van der Waals surface area contributed by atoms with Gasteiger partial charge in [0.2, 0.25) is 0 Å². The number of anilines is 2. The van der Waals surface area contributed by atoms with E-state index < -0.39 is 24.2 Å². The summed E-state index contributed by atoms with van der Waals surface area (Å²) in [5.41, 5.74) is 3.27. The number of hydrogen-bond donors (Lipinski definition) is 2. The highest BCUT2D eigenvalue weighted by molar-refractivity contribution is 7.16. The third-order valence-corrected chi connectivity index (χ3v) is 8.96. The molecule has 1 aliphatic carbocycles. The zero-order valence-electron chi connectivity index (χ0n) is 21.7. The summed E-state index contributed by atoms with van der Waals surface area (Å²) in [6.07, 6.45) is -1.04. The number of nitrogens with zero attached hydrogens (tertiary/aromatic N) is 3. The molecule has 0 saturated carbocycles. The molecule has 200 valence electrons. The summed E-state index contributed by atoms with van der Waals surface area (Å²) in [6, 6.07) is 7.03. The lowest BCUT2D eigenvalue weighted by Gasteiger charge is -2.34. The maximum Gasteiger partial charge on any atom is 0.410 e. The van der Waals surface area contributed by atoms with Gasteiger partial charge in [-0.3, -0.25) is 4.79 Å². The fourth-order valence-corrected chi connectivity index (χ4v) is 6.72. The number of aryl methyl sites for hydroxylation is 1. The highest BCUT2D eigenvalue weighted by Gasteiger charge is 2.47. The summed E-state index contributed by atoms with van der Waals surface area (Å²) >= 11 is 1.39. The maximum atomic E-state index is 14.1. The predicted molar refractivity (Wildman–Crippen MR) is 141 cm³/mol. The van der Waals surface area contributed by atoms with Crippen molar-refractivity contribution in [2.24, 2.45) is 11.3 Å². The summed E-state index contributed by atoms with van der Waals surface area (Å²) in [7, 11) is 0. The van der Waals surface area contributed by atoms with Crippen LogP contribution in [-0.4, -0.2) is 21.9 Å². The van der Waals surface area contributed by atoms with Crippen molar-refractivity contribution in [3.63, 3.8) is 0 Å². The van der Waals surface area contributed by atoms with Crippen LogP contribution in [0.2, 0.25) is 0 Å². The van der Waals surface area contributed by atoms with Gasteiger partial charge in [-0.25, -0.2) is 4.68 Å². The molecular formula is C28H30F3N5OS. The van der Waals surface area contributed by atoms with E-state index in [1.54, 1.807) is 12.1 Å². The van der Waals surface area contributed by atoms with Crippen LogP contribution in [0.25, 0.3) is 0 Å². The van der Waals surface area contributed by atoms with Crippen molar-refractivity contribution >= 4 is 28.1 Å². The summed E-state index contributed by atoms with van der Waals surface area (Å²) in [6.45, 7) is 8.53. The van der Waals surface area contributed by atoms with Crippen molar-refractivity contribution in [2.75, 3.05) is 10.6 Å². The Bertz CT molecular complexity index is 1410. The third-order valence-electron chi connectivity index (χ3n) is 7.79. The number of carbonyl (C=O) groups excluding carboxylic acids is 1. The SMILES string of the molecule is Cc1ccc([C@@H]2C[C@@H](C(F)(F)F)n3ncc(C(=O)Nc4sc5c(c4C#N)CC[C@@H](C(C)(C)C)C5)c3N2)cc1. The van der Waals surface area contributed by atoms with Crippen LogP contribution in [-0.2, 0) is 12.8 Å². The van der Waals surface area contributed by atoms with Crippen molar-refractivity contribution < 1.29 is 18.0 Å². The number of fused-ring (bicyclic) bond motifs is 2. The van der Waals surface area contributed by atoms with Crippen molar-refractivity contribution in [2.45, 2.75) is 71.6 Å². The molecule has 0 spiro atoms. The van der Waals surface area contributed by atoms with Gasteiger partial charge in [-0.2, -0.15) is 23.5 Å². The molecule has 3 aromatic rings. The lowest BCUT2D eigenvalue weighted by atomic mass is 9.72. The van der Waals surface area contributed by atoms with E-state index in [0.717, 1.165) is 39.9 Å². The van der Waals surface area contributed by atoms with Gasteiger partial charge in [-0.05, 0) is 48.6 Å². The first kappa shape index (κ1) is 26.3. The fourth-order valence-electron chi connectivity index (χ4n) is 5.45. The summed E-state index contributed by atoms with van der Waals surface area (Å²) in [4.78, 5) is 14.5. The van der Waals surface area contributed by atoms with Crippen molar-refractivity contribution in [3.05, 3.63) is 63.2 Å². The molecule has 0 unspecified atom stereocenters. The minimum Gasteiger partial charge on any atom is -0.363 e. The summed E-state index contributed by atoms with van der Waals surface area (Å²) < 4.78 is 43.0. The number of halogens is 3. The molecule has 38 heavy (non-hydrogen) atoms. The first-order chi connectivity index (χ1) is 17.9. The van der Waals surface area contributed by atoms with E-state index >= 15 is 0 Å². The zero-order valence-corrected chi connectivity index (χ0v) is 22.6. The number of hydrogen-bond acceptors (Lipinski definition) is 5. The number of benzene rings is 1. The van der Waals surface area contributed by atoms with Gasteiger partial charge in [0, 0.05) is 11.3 Å². The molecular weight excluding hydrogens is 511 g/mol. The molecule has 1 aromatic carbocycles. The van der Waals surface area contributed by atoms with Crippen molar-refractivity contribution in [1.29, 1.82) is 5.26 Å². The Balaban J connectivity index is 1.46. The van der Waals surface area contributed by atoms with Crippen LogP contribution in [0.5, 0.6) is 0 Å². The largest absolute Gasteiger partial charge is 0.410 e. The Morgan fingerprint density at radius 3 is 2.58 bits per heavy atom. The van der Waals surface area contributed by atoms with E-state index in [1.165, 1.54) is 17.5 Å². The number of nitrogens with one attached hydrogen (secondary N) is 2. The normalized spacial score (nSPS) is 21.2. The van der Waals surface area contributed by atoms with E-state index in [9.17, 15) is 23.2 Å². The number of thiophene rings is 1. The number of aromatic nitrogens is 2. The van der Waals surface area contributed by atoms with Gasteiger partial charge >= 0.3 is 6.18 Å². The number of carbonyl (C=O) groups is 1. The molecule has 10 heteroatoms. The number of alkyl halides is 3. The lowest BCUT2D eigenvalue weighted by molar-refractivity contribution is -0.173. The average molecular weight is 542 g/mol. The van der Waals surface area contributed by atoms with Crippen LogP contribution in [0.1, 0.15) is 83.2 Å². The minimum atomic E-state index is -4.54. The maximum absolute atomic E-state index is 14.1. The second kappa shape index (κ2) is 9.45. The van der Waals surface area contributed by atoms with E-state index in [4.69, 9.17) is 0 Å². The molecule has 1 aliphatic heterocycles. The molecule has 1 amide bonds. The molecule has 2 aromatic heterocycles. The molecule has 0 fully saturated rings. The van der Waals surface area contributed by atoms with Gasteiger partial charge in [0.15, 0.2) is 6.04 Å². The quantitative estimate of drug-likeness (QED) is 0.368. The van der Waals surface area contributed by atoms with Gasteiger partial charge in [0.1, 0.15) is 22.5 Å². The monoisotopic (exact) mass is 541 g/mol. The van der Waals surface area contributed by atoms with Gasteiger partial charge in [-0.1, -0.05) is 50.6 Å². The fraction of sp³-hybridized carbons (Fsp3) is 0.464. The molecule has 3 atom stereocenters. The van der Waals surface area contributed by atoms with Crippen LogP contribution in [0.3, 0.4) is 0 Å². The van der Waals surface area contributed by atoms with Gasteiger partial charge in [0.25, 0.3) is 5.91 Å². The smallest absolute Gasteiger partial charge is 0.363 e. The first-order valence-electron chi connectivity index (χ1n) is 12.7. The Morgan fingerprint density at radius 2 is 1.95 bits per heavy atom. The summed E-state index contributed by atoms with van der Waals surface area (Å²) in [5, 5.41) is 20.2. The Hall–Kier alpha value is -3.32. The topological polar surface area (TPSA) is 82.7 Å². The van der Waals surface area contributed by atoms with Crippen molar-refractivity contribution in [1.82, 2.24) is 9.78 Å². The molecule has 0 saturated heterocycles. The molecule has 2 aliphatic rings. The standard InChI is InChI=1S/C28H30F3N5OS/c1-15-5-7-16(8-6-15)21-12-23(28(29,30)31)36-24(34-21)20(14-33-36)25(37)35-26-19(13-32)18-10-9-17(27(2,3)4)11-22(18)38-26/h5-8,14,17,21,23,34H,9-12H2,1-4H3,(H,35,37)/t17-,21+,23+/m1/s1. The Labute approximate surface area is 223 Å². The second-order valence-electron chi connectivity index (χ2n) is 11.3. The Morgan fingerprint density at radius 1 is 1.24 bits per heavy atom. The molecule has 0 bridgehead atoms. The van der Waals surface area contributed by atoms with E-state index in [2.05, 4.69) is 42.6 Å². The van der Waals surface area contributed by atoms with Crippen LogP contribution in [0, 0.1) is 29.6 Å². The van der Waals surface area contributed by atoms with Crippen molar-refractivity contribution in [3.8, 4) is 6.07 Å². The predicted octanol–water partition coefficient (Wildman–Crippen LogP) is 7.19. The molecule has 6 nitrogen and oxygen atoms in total. The van der Waals surface area contributed by atoms with E-state index in [0.29, 0.717) is 22.0 Å². The van der Waals surface area contributed by atoms with E-state index in [1.807, 2.05) is 19.1 Å². The second-order valence-corrected chi connectivity index (χ2v) is 12.4. The van der Waals surface area contributed by atoms with Gasteiger partial charge in [0.05, 0.1) is 17.8 Å². The zero-order chi connectivity index (χ0) is 27.4.